The van der Waals surface area contributed by atoms with Gasteiger partial charge in [0.15, 0.2) is 0 Å². The third-order valence-corrected chi connectivity index (χ3v) is 10.5. The van der Waals surface area contributed by atoms with Crippen LogP contribution in [0.2, 0.25) is 0 Å². The molecule has 2 amide bonds. The summed E-state index contributed by atoms with van der Waals surface area (Å²) in [5, 5.41) is 0. The number of likely N-dealkylation sites (tertiary alicyclic amines) is 2. The van der Waals surface area contributed by atoms with Crippen molar-refractivity contribution in [3.8, 4) is 33.5 Å². The zero-order chi connectivity index (χ0) is 39.9. The summed E-state index contributed by atoms with van der Waals surface area (Å²) in [6, 6.07) is 12.9. The first kappa shape index (κ1) is 37.5. The van der Waals surface area contributed by atoms with Gasteiger partial charge >= 0.3 is 24.0 Å². The number of halogens is 4. The second kappa shape index (κ2) is 13.1. The summed E-state index contributed by atoms with van der Waals surface area (Å²) in [6.45, 7) is 11.8. The van der Waals surface area contributed by atoms with E-state index in [1.54, 1.807) is 60.9 Å². The number of benzene rings is 3. The van der Waals surface area contributed by atoms with Crippen molar-refractivity contribution in [3.63, 3.8) is 0 Å². The maximum absolute atomic E-state index is 16.1. The van der Waals surface area contributed by atoms with Crippen molar-refractivity contribution < 1.29 is 36.6 Å². The molecule has 4 heterocycles. The lowest BCUT2D eigenvalue weighted by atomic mass is 9.78. The fraction of sp³-hybridized carbons (Fsp3) is 0.429. The first-order chi connectivity index (χ1) is 26.3. The van der Waals surface area contributed by atoms with Gasteiger partial charge in [-0.25, -0.2) is 19.6 Å². The summed E-state index contributed by atoms with van der Waals surface area (Å²) in [4.78, 5) is 44.6. The van der Waals surface area contributed by atoms with E-state index in [1.807, 2.05) is 20.8 Å². The highest BCUT2D eigenvalue weighted by atomic mass is 19.3. The van der Waals surface area contributed by atoms with E-state index in [0.717, 1.165) is 25.0 Å². The Balaban J connectivity index is 1.08. The number of nitrogens with one attached hydrogen (secondary N) is 2. The number of fused-ring (bicyclic) bond motifs is 4. The zero-order valence-electron chi connectivity index (χ0n) is 32.1. The van der Waals surface area contributed by atoms with Crippen molar-refractivity contribution in [1.82, 2.24) is 29.7 Å². The van der Waals surface area contributed by atoms with E-state index >= 15 is 17.6 Å². The van der Waals surface area contributed by atoms with Crippen molar-refractivity contribution in [3.05, 3.63) is 83.6 Å². The molecular formula is C42H44F4N6O4. The number of carbonyl (C=O) groups is 2. The quantitative estimate of drug-likeness (QED) is 0.176. The third kappa shape index (κ3) is 6.56. The molecule has 2 atom stereocenters. The number of rotatable bonds is 4. The smallest absolute Gasteiger partial charge is 0.410 e. The monoisotopic (exact) mass is 772 g/mol. The first-order valence-corrected chi connectivity index (χ1v) is 18.9. The molecule has 56 heavy (non-hydrogen) atoms. The number of carbonyl (C=O) groups excluding carboxylic acids is 2. The fourth-order valence-corrected chi connectivity index (χ4v) is 7.96. The number of nitrogens with zero attached hydrogens (tertiary/aromatic N) is 4. The minimum absolute atomic E-state index is 0.0117. The molecule has 3 aliphatic rings. The van der Waals surface area contributed by atoms with Crippen LogP contribution in [0.3, 0.4) is 0 Å². The lowest BCUT2D eigenvalue weighted by Crippen LogP contribution is -2.39. The normalized spacial score (nSPS) is 20.2. The van der Waals surface area contributed by atoms with Gasteiger partial charge in [0.2, 0.25) is 0 Å². The van der Waals surface area contributed by atoms with E-state index < -0.39 is 52.4 Å². The highest BCUT2D eigenvalue weighted by molar-refractivity contribution is 5.85. The van der Waals surface area contributed by atoms with Gasteiger partial charge in [0.25, 0.3) is 0 Å². The number of amides is 2. The predicted octanol–water partition coefficient (Wildman–Crippen LogP) is 10.6. The minimum atomic E-state index is -4.53. The Morgan fingerprint density at radius 1 is 0.696 bits per heavy atom. The molecule has 2 saturated heterocycles. The van der Waals surface area contributed by atoms with Gasteiger partial charge in [-0.3, -0.25) is 9.80 Å². The molecule has 2 aromatic heterocycles. The molecule has 0 bridgehead atoms. The van der Waals surface area contributed by atoms with Crippen LogP contribution in [0.5, 0.6) is 0 Å². The molecule has 8 rings (SSSR count). The Kier molecular flexibility index (Phi) is 8.77. The summed E-state index contributed by atoms with van der Waals surface area (Å²) in [6.07, 6.45) is 3.41. The third-order valence-electron chi connectivity index (χ3n) is 10.5. The number of imidazole rings is 2. The van der Waals surface area contributed by atoms with E-state index in [-0.39, 0.29) is 22.7 Å². The molecule has 0 spiro atoms. The molecule has 1 aliphatic carbocycles. The van der Waals surface area contributed by atoms with Gasteiger partial charge in [0.05, 0.1) is 35.0 Å². The molecular weight excluding hydrogens is 728 g/mol. The molecule has 5 aromatic rings. The number of ether oxygens (including phenoxy) is 2. The van der Waals surface area contributed by atoms with E-state index in [1.165, 1.54) is 18.3 Å². The summed E-state index contributed by atoms with van der Waals surface area (Å²) >= 11 is 0. The lowest BCUT2D eigenvalue weighted by molar-refractivity contribution is -0.225. The molecule has 14 heteroatoms. The van der Waals surface area contributed by atoms with Crippen molar-refractivity contribution >= 4 is 23.2 Å². The predicted molar refractivity (Wildman–Crippen MR) is 202 cm³/mol. The molecule has 2 fully saturated rings. The number of alkyl halides is 4. The maximum Gasteiger partial charge on any atom is 0.410 e. The van der Waals surface area contributed by atoms with E-state index in [2.05, 4.69) is 15.0 Å². The molecule has 0 unspecified atom stereocenters. The number of H-pyrrole nitrogens is 2. The van der Waals surface area contributed by atoms with Crippen molar-refractivity contribution in [2.45, 2.75) is 102 Å². The SMILES string of the molecule is CC(C)(C)OC(=O)N1CCC[C@H]1c1ncc(-c2ccc3c(c2)C(F)(F)C(F)(F)c2cc(-c4ccc5nc([C@@H]6CCCN6C(=O)OC(C)(C)C)[nH]c5c4)ccc2-3)[nH]1. The lowest BCUT2D eigenvalue weighted by Gasteiger charge is -2.35. The van der Waals surface area contributed by atoms with Crippen molar-refractivity contribution in [2.24, 2.45) is 0 Å². The van der Waals surface area contributed by atoms with Gasteiger partial charge in [-0.1, -0.05) is 30.3 Å². The van der Waals surface area contributed by atoms with Gasteiger partial charge in [0, 0.05) is 29.8 Å². The second-order valence-corrected chi connectivity index (χ2v) is 16.9. The summed E-state index contributed by atoms with van der Waals surface area (Å²) in [5.74, 6) is -8.02. The molecule has 10 nitrogen and oxygen atoms in total. The first-order valence-electron chi connectivity index (χ1n) is 18.9. The Morgan fingerprint density at radius 3 is 1.77 bits per heavy atom. The topological polar surface area (TPSA) is 116 Å². The molecule has 0 saturated carbocycles. The van der Waals surface area contributed by atoms with Crippen LogP contribution in [0.25, 0.3) is 44.5 Å². The molecule has 3 aromatic carbocycles. The van der Waals surface area contributed by atoms with Crippen LogP contribution in [0.15, 0.2) is 60.8 Å². The Morgan fingerprint density at radius 2 is 1.20 bits per heavy atom. The summed E-state index contributed by atoms with van der Waals surface area (Å²) in [7, 11) is 0. The summed E-state index contributed by atoms with van der Waals surface area (Å²) < 4.78 is 75.5. The van der Waals surface area contributed by atoms with Crippen molar-refractivity contribution in [2.75, 3.05) is 13.1 Å². The van der Waals surface area contributed by atoms with Crippen LogP contribution >= 0.6 is 0 Å². The fourth-order valence-electron chi connectivity index (χ4n) is 7.96. The van der Waals surface area contributed by atoms with Gasteiger partial charge in [-0.15, -0.1) is 0 Å². The highest BCUT2D eigenvalue weighted by Crippen LogP contribution is 2.58. The van der Waals surface area contributed by atoms with Crippen molar-refractivity contribution in [1.29, 1.82) is 0 Å². The zero-order valence-corrected chi connectivity index (χ0v) is 32.1. The van der Waals surface area contributed by atoms with Crippen LogP contribution in [0.4, 0.5) is 27.2 Å². The molecule has 2 aliphatic heterocycles. The van der Waals surface area contributed by atoms with Crippen LogP contribution < -0.4 is 0 Å². The minimum Gasteiger partial charge on any atom is -0.444 e. The molecule has 2 N–H and O–H groups in total. The van der Waals surface area contributed by atoms with E-state index in [9.17, 15) is 9.59 Å². The van der Waals surface area contributed by atoms with E-state index in [0.29, 0.717) is 65.4 Å². The van der Waals surface area contributed by atoms with Gasteiger partial charge in [-0.2, -0.15) is 17.6 Å². The Labute approximate surface area is 321 Å². The second-order valence-electron chi connectivity index (χ2n) is 16.9. The average Bonchev–Trinajstić information content (AvgIpc) is 3.94. The van der Waals surface area contributed by atoms with Gasteiger partial charge < -0.3 is 19.4 Å². The summed E-state index contributed by atoms with van der Waals surface area (Å²) in [5.41, 5.74) is -0.118. The number of aromatic nitrogens is 4. The average molecular weight is 773 g/mol. The van der Waals surface area contributed by atoms with Crippen LogP contribution in [0.1, 0.15) is 102 Å². The van der Waals surface area contributed by atoms with E-state index in [4.69, 9.17) is 14.5 Å². The number of hydrogen-bond donors (Lipinski definition) is 2. The number of hydrogen-bond acceptors (Lipinski definition) is 6. The Bertz CT molecular complexity index is 2360. The maximum atomic E-state index is 16.1. The Hall–Kier alpha value is -5.40. The van der Waals surface area contributed by atoms with Gasteiger partial charge in [-0.05, 0) is 114 Å². The highest BCUT2D eigenvalue weighted by Gasteiger charge is 2.62. The van der Waals surface area contributed by atoms with Crippen LogP contribution in [0, 0.1) is 0 Å². The molecule has 294 valence electrons. The van der Waals surface area contributed by atoms with Crippen LogP contribution in [-0.4, -0.2) is 66.2 Å². The van der Waals surface area contributed by atoms with Gasteiger partial charge in [0.1, 0.15) is 22.9 Å². The molecule has 0 radical (unpaired) electrons. The van der Waals surface area contributed by atoms with Crippen LogP contribution in [-0.2, 0) is 21.3 Å². The standard InChI is InChI=1S/C42H44F4N6O4/c1-39(2,3)55-37(53)51-17-7-9-33(51)35-47-22-32(50-35)25-12-15-27-26-14-11-23(19-28(26)41(43,44)42(45,46)29(27)20-25)24-13-16-30-31(21-24)49-36(48-30)34-10-8-18-52(34)38(54)56-40(4,5)6/h11-16,19-22,33-34H,7-10,17-18H2,1-6H3,(H,47,50)(H,48,49)/t33-,34-/m0/s1. The largest absolute Gasteiger partial charge is 0.444 e. The number of aromatic amines is 2.